The maximum absolute atomic E-state index is 14.0. The zero-order valence-electron chi connectivity index (χ0n) is 19.0. The van der Waals surface area contributed by atoms with E-state index >= 15 is 0 Å². The van der Waals surface area contributed by atoms with E-state index in [0.29, 0.717) is 12.1 Å². The van der Waals surface area contributed by atoms with E-state index in [1.54, 1.807) is 13.8 Å². The fourth-order valence-electron chi connectivity index (χ4n) is 3.20. The van der Waals surface area contributed by atoms with Gasteiger partial charge in [-0.15, -0.1) is 0 Å². The van der Waals surface area contributed by atoms with Crippen molar-refractivity contribution in [1.29, 1.82) is 0 Å². The lowest BCUT2D eigenvalue weighted by Crippen LogP contribution is -2.24. The van der Waals surface area contributed by atoms with E-state index in [1.807, 2.05) is 43.3 Å². The minimum atomic E-state index is -1.23. The molecule has 1 aromatic carbocycles. The van der Waals surface area contributed by atoms with Crippen LogP contribution in [0.25, 0.3) is 5.57 Å². The number of alkyl halides is 1. The van der Waals surface area contributed by atoms with Crippen LogP contribution in [0, 0.1) is 0 Å². The van der Waals surface area contributed by atoms with Gasteiger partial charge in [-0.05, 0) is 56.4 Å². The second-order valence-electron chi connectivity index (χ2n) is 8.27. The van der Waals surface area contributed by atoms with Crippen molar-refractivity contribution < 1.29 is 4.39 Å². The molecule has 2 N–H and O–H groups in total. The zero-order valence-corrected chi connectivity index (χ0v) is 19.0. The molecule has 0 amide bonds. The Bertz CT molecular complexity index is 750. The molecule has 0 aliphatic carbocycles. The number of unbranched alkanes of at least 4 members (excludes halogenated alkanes) is 2. The van der Waals surface area contributed by atoms with Crippen molar-refractivity contribution >= 4 is 5.57 Å². The minimum absolute atomic E-state index is 0.380. The first kappa shape index (κ1) is 24.7. The van der Waals surface area contributed by atoms with Crippen LogP contribution < -0.4 is 5.73 Å². The summed E-state index contributed by atoms with van der Waals surface area (Å²) in [5.41, 5.74) is 10.7. The Kier molecular flexibility index (Phi) is 9.94. The van der Waals surface area contributed by atoms with Gasteiger partial charge >= 0.3 is 0 Å². The summed E-state index contributed by atoms with van der Waals surface area (Å²) in [4.78, 5) is 2.22. The normalized spacial score (nSPS) is 12.8. The first-order valence-electron chi connectivity index (χ1n) is 10.7. The molecule has 0 aliphatic heterocycles. The largest absolute Gasteiger partial charge is 0.397 e. The maximum Gasteiger partial charge on any atom is 0.109 e. The van der Waals surface area contributed by atoms with Gasteiger partial charge in [-0.25, -0.2) is 4.39 Å². The van der Waals surface area contributed by atoms with Crippen LogP contribution in [0.15, 0.2) is 66.7 Å². The van der Waals surface area contributed by atoms with Crippen LogP contribution in [0.5, 0.6) is 0 Å². The van der Waals surface area contributed by atoms with E-state index in [9.17, 15) is 4.39 Å². The summed E-state index contributed by atoms with van der Waals surface area (Å²) in [7, 11) is 0. The Morgan fingerprint density at radius 3 is 2.45 bits per heavy atom. The van der Waals surface area contributed by atoms with E-state index in [2.05, 4.69) is 31.9 Å². The molecule has 2 nitrogen and oxygen atoms in total. The Morgan fingerprint density at radius 2 is 1.86 bits per heavy atom. The lowest BCUT2D eigenvalue weighted by molar-refractivity contribution is 0.217. The number of nitrogens with zero attached hydrogens (tertiary/aromatic N) is 1. The highest BCUT2D eigenvalue weighted by Crippen LogP contribution is 2.22. The second kappa shape index (κ2) is 11.6. The molecular weight excluding hydrogens is 359 g/mol. The molecule has 0 radical (unpaired) electrons. The van der Waals surface area contributed by atoms with Gasteiger partial charge in [0.2, 0.25) is 0 Å². The lowest BCUT2D eigenvalue weighted by Gasteiger charge is -2.28. The zero-order chi connectivity index (χ0) is 22.0. The molecule has 0 fully saturated rings. The van der Waals surface area contributed by atoms with Crippen molar-refractivity contribution in [2.75, 3.05) is 6.54 Å². The van der Waals surface area contributed by atoms with Crippen LogP contribution in [0.3, 0.4) is 0 Å². The van der Waals surface area contributed by atoms with Crippen molar-refractivity contribution in [1.82, 2.24) is 4.90 Å². The van der Waals surface area contributed by atoms with Gasteiger partial charge in [-0.3, -0.25) is 0 Å². The molecule has 0 saturated carbocycles. The molecule has 29 heavy (non-hydrogen) atoms. The smallest absolute Gasteiger partial charge is 0.109 e. The van der Waals surface area contributed by atoms with Crippen LogP contribution in [-0.2, 0) is 6.42 Å². The number of allylic oxidation sites excluding steroid dienone is 5. The third-order valence-electron chi connectivity index (χ3n) is 4.98. The van der Waals surface area contributed by atoms with Crippen molar-refractivity contribution in [3.63, 3.8) is 0 Å². The summed E-state index contributed by atoms with van der Waals surface area (Å²) in [6.45, 7) is 18.8. The molecule has 0 bridgehead atoms. The maximum atomic E-state index is 14.0. The first-order valence-corrected chi connectivity index (χ1v) is 10.7. The Morgan fingerprint density at radius 1 is 1.17 bits per heavy atom. The van der Waals surface area contributed by atoms with Crippen molar-refractivity contribution in [3.8, 4) is 0 Å². The molecular formula is C26H39FN2. The molecule has 0 atom stereocenters. The third-order valence-corrected chi connectivity index (χ3v) is 4.98. The summed E-state index contributed by atoms with van der Waals surface area (Å²) in [6.07, 6.45) is 8.60. The van der Waals surface area contributed by atoms with E-state index in [1.165, 1.54) is 12.8 Å². The highest BCUT2D eigenvalue weighted by molar-refractivity contribution is 5.72. The average Bonchev–Trinajstić information content (AvgIpc) is 2.67. The van der Waals surface area contributed by atoms with E-state index < -0.39 is 5.67 Å². The van der Waals surface area contributed by atoms with Gasteiger partial charge in [0.25, 0.3) is 0 Å². The summed E-state index contributed by atoms with van der Waals surface area (Å²) in [5, 5.41) is 0. The number of hydrogen-bond acceptors (Lipinski definition) is 2. The molecule has 3 heteroatoms. The summed E-state index contributed by atoms with van der Waals surface area (Å²) >= 11 is 0. The van der Waals surface area contributed by atoms with Crippen LogP contribution in [0.2, 0.25) is 0 Å². The molecule has 0 aromatic heterocycles. The van der Waals surface area contributed by atoms with E-state index in [-0.39, 0.29) is 0 Å². The molecule has 1 rings (SSSR count). The third kappa shape index (κ3) is 8.72. The highest BCUT2D eigenvalue weighted by Gasteiger charge is 2.16. The number of rotatable bonds is 12. The quantitative estimate of drug-likeness (QED) is 0.299. The Hall–Kier alpha value is -2.29. The molecule has 0 spiro atoms. The van der Waals surface area contributed by atoms with Gasteiger partial charge in [0.05, 0.1) is 5.70 Å². The summed E-state index contributed by atoms with van der Waals surface area (Å²) in [6, 6.07) is 7.88. The molecule has 0 saturated heterocycles. The first-order chi connectivity index (χ1) is 13.6. The fourth-order valence-corrected chi connectivity index (χ4v) is 3.20. The molecule has 0 heterocycles. The Balaban J connectivity index is 2.97. The van der Waals surface area contributed by atoms with Crippen LogP contribution in [0.1, 0.15) is 71.4 Å². The van der Waals surface area contributed by atoms with Crippen LogP contribution in [-0.4, -0.2) is 17.1 Å². The topological polar surface area (TPSA) is 29.3 Å². The van der Waals surface area contributed by atoms with Gasteiger partial charge < -0.3 is 10.6 Å². The number of hydrogen-bond donors (Lipinski definition) is 1. The van der Waals surface area contributed by atoms with Gasteiger partial charge in [0.15, 0.2) is 0 Å². The van der Waals surface area contributed by atoms with Crippen molar-refractivity contribution in [2.24, 2.45) is 5.73 Å². The van der Waals surface area contributed by atoms with Crippen LogP contribution >= 0.6 is 0 Å². The second-order valence-corrected chi connectivity index (χ2v) is 8.27. The predicted octanol–water partition coefficient (Wildman–Crippen LogP) is 7.15. The van der Waals surface area contributed by atoms with Gasteiger partial charge in [0, 0.05) is 24.4 Å². The number of nitrogens with two attached hydrogens (primary N) is 1. The van der Waals surface area contributed by atoms with Gasteiger partial charge in [-0.1, -0.05) is 70.2 Å². The fraction of sp³-hybridized carbons (Fsp3) is 0.462. The summed E-state index contributed by atoms with van der Waals surface area (Å²) < 4.78 is 14.0. The molecule has 160 valence electrons. The monoisotopic (exact) mass is 398 g/mol. The number of benzene rings is 1. The average molecular weight is 399 g/mol. The van der Waals surface area contributed by atoms with E-state index in [0.717, 1.165) is 47.5 Å². The van der Waals surface area contributed by atoms with Gasteiger partial charge in [0.1, 0.15) is 5.67 Å². The molecule has 0 unspecified atom stereocenters. The SMILES string of the molecule is C=C(/C=C\C(N)=C(/C)N(CCCCC)C(=C)CC)c1cccc(CC(C)(C)F)c1. The van der Waals surface area contributed by atoms with Crippen molar-refractivity contribution in [2.45, 2.75) is 72.4 Å². The van der Waals surface area contributed by atoms with Crippen LogP contribution in [0.4, 0.5) is 4.39 Å². The highest BCUT2D eigenvalue weighted by atomic mass is 19.1. The predicted molar refractivity (Wildman–Crippen MR) is 126 cm³/mol. The molecule has 1 aromatic rings. The summed E-state index contributed by atoms with van der Waals surface area (Å²) in [5.74, 6) is 0. The standard InChI is InChI=1S/C26H39FN2/c1-8-10-11-17-29(21(4)9-2)22(5)25(28)16-15-20(3)24-14-12-13-23(18-24)19-26(6,7)27/h12-16,18H,3-4,8-11,17,19,28H2,1-2,5-7H3/b16-15-,25-22-. The van der Waals surface area contributed by atoms with E-state index in [4.69, 9.17) is 5.73 Å². The van der Waals surface area contributed by atoms with Gasteiger partial charge in [-0.2, -0.15) is 0 Å². The molecule has 0 aliphatic rings. The minimum Gasteiger partial charge on any atom is -0.397 e. The Labute approximate surface area is 177 Å². The van der Waals surface area contributed by atoms with Crippen molar-refractivity contribution in [3.05, 3.63) is 77.8 Å². The number of halogens is 1. The lowest BCUT2D eigenvalue weighted by atomic mass is 9.96.